The van der Waals surface area contributed by atoms with Gasteiger partial charge in [0.05, 0.1) is 19.3 Å². The van der Waals surface area contributed by atoms with E-state index < -0.39 is 0 Å². The highest BCUT2D eigenvalue weighted by Gasteiger charge is 2.25. The summed E-state index contributed by atoms with van der Waals surface area (Å²) in [5.74, 6) is 0.175. The van der Waals surface area contributed by atoms with Crippen molar-refractivity contribution >= 4 is 5.91 Å². The fourth-order valence-electron chi connectivity index (χ4n) is 2.21. The number of aryl methyl sites for hydroxylation is 1. The molecule has 0 N–H and O–H groups in total. The molecule has 0 unspecified atom stereocenters. The van der Waals surface area contributed by atoms with E-state index in [2.05, 4.69) is 5.10 Å². The Morgan fingerprint density at radius 3 is 3.16 bits per heavy atom. The van der Waals surface area contributed by atoms with Gasteiger partial charge in [-0.1, -0.05) is 0 Å². The summed E-state index contributed by atoms with van der Waals surface area (Å²) in [6, 6.07) is 0. The minimum absolute atomic E-state index is 0.0613. The molecule has 1 aliphatic heterocycles. The van der Waals surface area contributed by atoms with Crippen molar-refractivity contribution in [3.05, 3.63) is 18.0 Å². The van der Waals surface area contributed by atoms with Crippen molar-refractivity contribution in [2.24, 2.45) is 7.05 Å². The molecule has 106 valence electrons. The first-order chi connectivity index (χ1) is 9.20. The van der Waals surface area contributed by atoms with Crippen LogP contribution in [0, 0.1) is 0 Å². The number of carbonyl (C=O) groups excluding carboxylic acids is 1. The zero-order valence-corrected chi connectivity index (χ0v) is 11.5. The van der Waals surface area contributed by atoms with Crippen LogP contribution in [0.1, 0.15) is 24.5 Å². The number of rotatable bonds is 5. The van der Waals surface area contributed by atoms with Crippen LogP contribution >= 0.6 is 0 Å². The molecule has 0 bridgehead atoms. The molecule has 1 aromatic rings. The van der Waals surface area contributed by atoms with Crippen molar-refractivity contribution in [1.29, 1.82) is 0 Å². The lowest BCUT2D eigenvalue weighted by atomic mass is 10.1. The quantitative estimate of drug-likeness (QED) is 0.739. The highest BCUT2D eigenvalue weighted by atomic mass is 16.5. The molecule has 1 saturated heterocycles. The molecular weight excluding hydrogens is 246 g/mol. The van der Waals surface area contributed by atoms with Gasteiger partial charge in [-0.3, -0.25) is 9.48 Å². The largest absolute Gasteiger partial charge is 0.385 e. The van der Waals surface area contributed by atoms with E-state index in [1.807, 2.05) is 18.1 Å². The fourth-order valence-corrected chi connectivity index (χ4v) is 2.21. The maximum Gasteiger partial charge on any atom is 0.222 e. The first-order valence-corrected chi connectivity index (χ1v) is 6.57. The average molecular weight is 267 g/mol. The number of carbonyl (C=O) groups is 1. The molecule has 1 atom stereocenters. The first kappa shape index (κ1) is 14.0. The lowest BCUT2D eigenvalue weighted by Gasteiger charge is -2.32. The summed E-state index contributed by atoms with van der Waals surface area (Å²) < 4.78 is 12.4. The second-order valence-corrected chi connectivity index (χ2v) is 4.74. The summed E-state index contributed by atoms with van der Waals surface area (Å²) in [7, 11) is 3.53. The fraction of sp³-hybridized carbons (Fsp3) is 0.692. The molecule has 1 amide bonds. The van der Waals surface area contributed by atoms with Crippen molar-refractivity contribution in [2.45, 2.75) is 18.9 Å². The Labute approximate surface area is 113 Å². The predicted octanol–water partition coefficient (Wildman–Crippen LogP) is 0.747. The van der Waals surface area contributed by atoms with Crippen LogP contribution in [0.15, 0.2) is 12.4 Å². The minimum atomic E-state index is -0.0613. The van der Waals surface area contributed by atoms with Crippen LogP contribution in [0.2, 0.25) is 0 Å². The lowest BCUT2D eigenvalue weighted by Crippen LogP contribution is -2.42. The highest BCUT2D eigenvalue weighted by Crippen LogP contribution is 2.22. The van der Waals surface area contributed by atoms with E-state index in [9.17, 15) is 4.79 Å². The van der Waals surface area contributed by atoms with Crippen LogP contribution in [0.25, 0.3) is 0 Å². The SMILES string of the molecule is COCCCC(=O)N1CCO[C@H](c2cnn(C)c2)C1. The maximum atomic E-state index is 12.0. The normalized spacial score (nSPS) is 19.7. The summed E-state index contributed by atoms with van der Waals surface area (Å²) in [6.07, 6.45) is 4.97. The van der Waals surface area contributed by atoms with Gasteiger partial charge in [0.2, 0.25) is 5.91 Å². The maximum absolute atomic E-state index is 12.0. The molecule has 6 nitrogen and oxygen atoms in total. The molecule has 0 aromatic carbocycles. The van der Waals surface area contributed by atoms with E-state index in [0.29, 0.717) is 32.7 Å². The number of ether oxygens (including phenoxy) is 2. The summed E-state index contributed by atoms with van der Waals surface area (Å²) in [4.78, 5) is 13.9. The Bertz CT molecular complexity index is 419. The highest BCUT2D eigenvalue weighted by molar-refractivity contribution is 5.76. The molecule has 0 radical (unpaired) electrons. The number of amides is 1. The number of hydrogen-bond acceptors (Lipinski definition) is 4. The van der Waals surface area contributed by atoms with Gasteiger partial charge in [0, 0.05) is 45.5 Å². The molecule has 0 spiro atoms. The van der Waals surface area contributed by atoms with Gasteiger partial charge in [-0.25, -0.2) is 0 Å². The summed E-state index contributed by atoms with van der Waals surface area (Å²) in [5.41, 5.74) is 1.02. The van der Waals surface area contributed by atoms with E-state index in [4.69, 9.17) is 9.47 Å². The Morgan fingerprint density at radius 2 is 2.47 bits per heavy atom. The van der Waals surface area contributed by atoms with Gasteiger partial charge in [-0.05, 0) is 6.42 Å². The van der Waals surface area contributed by atoms with Crippen molar-refractivity contribution in [3.63, 3.8) is 0 Å². The van der Waals surface area contributed by atoms with Gasteiger partial charge in [0.25, 0.3) is 0 Å². The smallest absolute Gasteiger partial charge is 0.222 e. The molecule has 2 rings (SSSR count). The number of nitrogens with zero attached hydrogens (tertiary/aromatic N) is 3. The van der Waals surface area contributed by atoms with Gasteiger partial charge >= 0.3 is 0 Å². The van der Waals surface area contributed by atoms with Crippen molar-refractivity contribution < 1.29 is 14.3 Å². The van der Waals surface area contributed by atoms with E-state index in [-0.39, 0.29) is 12.0 Å². The standard InChI is InChI=1S/C13H21N3O3/c1-15-9-11(8-14-15)12-10-16(5-7-19-12)13(17)4-3-6-18-2/h8-9,12H,3-7,10H2,1-2H3/t12-/m0/s1. The Kier molecular flexibility index (Phi) is 4.93. The number of morpholine rings is 1. The third kappa shape index (κ3) is 3.78. The van der Waals surface area contributed by atoms with Crippen LogP contribution in [-0.4, -0.2) is 54.0 Å². The third-order valence-electron chi connectivity index (χ3n) is 3.25. The van der Waals surface area contributed by atoms with Crippen molar-refractivity contribution in [3.8, 4) is 0 Å². The average Bonchev–Trinajstić information content (AvgIpc) is 2.86. The predicted molar refractivity (Wildman–Crippen MR) is 69.6 cm³/mol. The Hall–Kier alpha value is -1.40. The second kappa shape index (κ2) is 6.68. The zero-order valence-electron chi connectivity index (χ0n) is 11.5. The van der Waals surface area contributed by atoms with E-state index in [0.717, 1.165) is 12.0 Å². The number of aromatic nitrogens is 2. The molecule has 1 aliphatic rings. The second-order valence-electron chi connectivity index (χ2n) is 4.74. The molecule has 0 aliphatic carbocycles. The van der Waals surface area contributed by atoms with Crippen molar-refractivity contribution in [1.82, 2.24) is 14.7 Å². The van der Waals surface area contributed by atoms with E-state index >= 15 is 0 Å². The van der Waals surface area contributed by atoms with E-state index in [1.165, 1.54) is 0 Å². The Balaban J connectivity index is 1.88. The van der Waals surface area contributed by atoms with Crippen LogP contribution in [0.3, 0.4) is 0 Å². The van der Waals surface area contributed by atoms with Gasteiger partial charge in [0.1, 0.15) is 6.10 Å². The summed E-state index contributed by atoms with van der Waals surface area (Å²) in [6.45, 7) is 2.48. The first-order valence-electron chi connectivity index (χ1n) is 6.57. The van der Waals surface area contributed by atoms with Crippen LogP contribution in [0.5, 0.6) is 0 Å². The van der Waals surface area contributed by atoms with Crippen LogP contribution in [0.4, 0.5) is 0 Å². The monoisotopic (exact) mass is 267 g/mol. The third-order valence-corrected chi connectivity index (χ3v) is 3.25. The van der Waals surface area contributed by atoms with Gasteiger partial charge in [0.15, 0.2) is 0 Å². The van der Waals surface area contributed by atoms with Gasteiger partial charge in [-0.2, -0.15) is 5.10 Å². The topological polar surface area (TPSA) is 56.6 Å². The summed E-state index contributed by atoms with van der Waals surface area (Å²) >= 11 is 0. The van der Waals surface area contributed by atoms with Gasteiger partial charge in [-0.15, -0.1) is 0 Å². The number of methoxy groups -OCH3 is 1. The summed E-state index contributed by atoms with van der Waals surface area (Å²) in [5, 5.41) is 4.14. The zero-order chi connectivity index (χ0) is 13.7. The molecule has 1 aromatic heterocycles. The molecule has 6 heteroatoms. The van der Waals surface area contributed by atoms with Crippen LogP contribution in [-0.2, 0) is 21.3 Å². The molecule has 1 fully saturated rings. The minimum Gasteiger partial charge on any atom is -0.385 e. The van der Waals surface area contributed by atoms with Crippen molar-refractivity contribution in [2.75, 3.05) is 33.4 Å². The lowest BCUT2D eigenvalue weighted by molar-refractivity contribution is -0.139. The van der Waals surface area contributed by atoms with Gasteiger partial charge < -0.3 is 14.4 Å². The molecule has 19 heavy (non-hydrogen) atoms. The van der Waals surface area contributed by atoms with E-state index in [1.54, 1.807) is 18.0 Å². The van der Waals surface area contributed by atoms with Crippen LogP contribution < -0.4 is 0 Å². The molecule has 0 saturated carbocycles. The number of hydrogen-bond donors (Lipinski definition) is 0. The Morgan fingerprint density at radius 1 is 1.63 bits per heavy atom. The molecular formula is C13H21N3O3. The molecule has 2 heterocycles.